The number of aromatic nitrogens is 2. The molecule has 31 heavy (non-hydrogen) atoms. The molecule has 7 heteroatoms. The Morgan fingerprint density at radius 2 is 1.65 bits per heavy atom. The van der Waals surface area contributed by atoms with Crippen molar-refractivity contribution in [2.45, 2.75) is 64.8 Å². The number of hydrogen-bond acceptors (Lipinski definition) is 5. The number of carbonyl (C=O) groups is 2. The summed E-state index contributed by atoms with van der Waals surface area (Å²) in [6, 6.07) is 7.42. The van der Waals surface area contributed by atoms with Crippen LogP contribution in [-0.4, -0.2) is 22.0 Å². The van der Waals surface area contributed by atoms with Crippen molar-refractivity contribution in [2.75, 3.05) is 5.32 Å². The molecule has 6 rings (SSSR count). The zero-order chi connectivity index (χ0) is 21.6. The summed E-state index contributed by atoms with van der Waals surface area (Å²) in [5.41, 5.74) is 1.45. The molecule has 4 aliphatic rings. The highest BCUT2D eigenvalue weighted by Crippen LogP contribution is 2.60. The third-order valence-electron chi connectivity index (χ3n) is 7.34. The lowest BCUT2D eigenvalue weighted by Crippen LogP contribution is -2.53. The van der Waals surface area contributed by atoms with E-state index in [0.717, 1.165) is 47.6 Å². The average Bonchev–Trinajstić information content (AvgIpc) is 3.20. The molecule has 2 amide bonds. The second-order valence-corrected chi connectivity index (χ2v) is 11.1. The summed E-state index contributed by atoms with van der Waals surface area (Å²) in [6.45, 7) is 4.61. The van der Waals surface area contributed by atoms with Crippen molar-refractivity contribution in [1.29, 1.82) is 0 Å². The Morgan fingerprint density at radius 3 is 2.19 bits per heavy atom. The molecule has 1 aromatic carbocycles. The van der Waals surface area contributed by atoms with E-state index in [4.69, 9.17) is 0 Å². The minimum atomic E-state index is -0.199. The topological polar surface area (TPSA) is 84.0 Å². The van der Waals surface area contributed by atoms with Gasteiger partial charge in [-0.2, -0.15) is 0 Å². The van der Waals surface area contributed by atoms with E-state index in [0.29, 0.717) is 17.2 Å². The molecule has 164 valence electrons. The van der Waals surface area contributed by atoms with E-state index in [1.807, 2.05) is 26.0 Å². The zero-order valence-corrected chi connectivity index (χ0v) is 19.0. The highest BCUT2D eigenvalue weighted by Gasteiger charge is 2.54. The molecule has 0 aliphatic heterocycles. The summed E-state index contributed by atoms with van der Waals surface area (Å²) in [6.07, 6.45) is 7.25. The maximum Gasteiger partial charge on any atom is 0.257 e. The van der Waals surface area contributed by atoms with Crippen LogP contribution in [0.2, 0.25) is 0 Å². The molecule has 0 unspecified atom stereocenters. The molecule has 6 nitrogen and oxygen atoms in total. The molecule has 0 atom stereocenters. The minimum absolute atomic E-state index is 0.120. The Bertz CT molecular complexity index is 946. The van der Waals surface area contributed by atoms with Crippen LogP contribution in [0, 0.1) is 23.2 Å². The summed E-state index contributed by atoms with van der Waals surface area (Å²) >= 11 is 1.40. The minimum Gasteiger partial charge on any atom is -0.352 e. The van der Waals surface area contributed by atoms with E-state index in [-0.39, 0.29) is 23.1 Å². The summed E-state index contributed by atoms with van der Waals surface area (Å²) in [5, 5.41) is 15.6. The first-order chi connectivity index (χ1) is 14.9. The van der Waals surface area contributed by atoms with Gasteiger partial charge in [0, 0.05) is 23.4 Å². The third kappa shape index (κ3) is 4.12. The van der Waals surface area contributed by atoms with Crippen LogP contribution >= 0.6 is 11.3 Å². The number of amides is 2. The van der Waals surface area contributed by atoms with E-state index in [9.17, 15) is 9.59 Å². The molecule has 0 saturated heterocycles. The fourth-order valence-electron chi connectivity index (χ4n) is 6.22. The molecule has 4 bridgehead atoms. The summed E-state index contributed by atoms with van der Waals surface area (Å²) in [5.74, 6) is 2.62. The third-order valence-corrected chi connectivity index (χ3v) is 8.48. The smallest absolute Gasteiger partial charge is 0.257 e. The maximum atomic E-state index is 13.1. The van der Waals surface area contributed by atoms with Crippen molar-refractivity contribution in [2.24, 2.45) is 23.2 Å². The normalized spacial score (nSPS) is 28.7. The molecular weight excluding hydrogens is 408 g/mol. The molecule has 4 fully saturated rings. The lowest BCUT2D eigenvalue weighted by molar-refractivity contribution is -0.146. The van der Waals surface area contributed by atoms with Crippen LogP contribution in [0.25, 0.3) is 0 Å². The van der Waals surface area contributed by atoms with Crippen molar-refractivity contribution in [3.63, 3.8) is 0 Å². The van der Waals surface area contributed by atoms with Gasteiger partial charge in [-0.25, -0.2) is 0 Å². The Labute approximate surface area is 187 Å². The van der Waals surface area contributed by atoms with Crippen LogP contribution in [0.4, 0.5) is 5.13 Å². The van der Waals surface area contributed by atoms with Crippen molar-refractivity contribution in [1.82, 2.24) is 15.5 Å². The van der Waals surface area contributed by atoms with Crippen molar-refractivity contribution in [3.05, 3.63) is 40.4 Å². The second kappa shape index (κ2) is 8.01. The van der Waals surface area contributed by atoms with Gasteiger partial charge in [0.2, 0.25) is 11.0 Å². The van der Waals surface area contributed by atoms with Crippen molar-refractivity contribution in [3.8, 4) is 0 Å². The standard InChI is InChI=1S/C24H30N4O2S/c1-14(2)21-27-28-23(31-21)26-20(29)19-5-3-15(4-6-19)13-25-22(30)24-10-16-7-17(11-24)9-18(8-16)12-24/h3-6,14,16-18H,7-13H2,1-2H3,(H,25,30)(H,26,28,29). The Kier molecular flexibility index (Phi) is 5.32. The molecule has 4 saturated carbocycles. The van der Waals surface area contributed by atoms with Gasteiger partial charge >= 0.3 is 0 Å². The van der Waals surface area contributed by atoms with Gasteiger partial charge in [0.25, 0.3) is 5.91 Å². The molecular formula is C24H30N4O2S. The molecule has 2 N–H and O–H groups in total. The van der Waals surface area contributed by atoms with Gasteiger partial charge < -0.3 is 5.32 Å². The fraction of sp³-hybridized carbons (Fsp3) is 0.583. The lowest BCUT2D eigenvalue weighted by atomic mass is 9.49. The molecule has 0 radical (unpaired) electrons. The molecule has 0 spiro atoms. The van der Waals surface area contributed by atoms with Gasteiger partial charge in [0.1, 0.15) is 5.01 Å². The number of anilines is 1. The number of benzene rings is 1. The van der Waals surface area contributed by atoms with Gasteiger partial charge in [0.05, 0.1) is 0 Å². The fourth-order valence-corrected chi connectivity index (χ4v) is 6.96. The average molecular weight is 439 g/mol. The van der Waals surface area contributed by atoms with Crippen LogP contribution in [0.5, 0.6) is 0 Å². The quantitative estimate of drug-likeness (QED) is 0.682. The predicted molar refractivity (Wildman–Crippen MR) is 121 cm³/mol. The van der Waals surface area contributed by atoms with Gasteiger partial charge in [0.15, 0.2) is 0 Å². The number of nitrogens with zero attached hydrogens (tertiary/aromatic N) is 2. The van der Waals surface area contributed by atoms with E-state index in [2.05, 4.69) is 20.8 Å². The summed E-state index contributed by atoms with van der Waals surface area (Å²) in [7, 11) is 0. The first-order valence-corrected chi connectivity index (χ1v) is 12.2. The maximum absolute atomic E-state index is 13.1. The van der Waals surface area contributed by atoms with Crippen LogP contribution in [-0.2, 0) is 11.3 Å². The molecule has 1 heterocycles. The Hall–Kier alpha value is -2.28. The van der Waals surface area contributed by atoms with Gasteiger partial charge in [-0.05, 0) is 74.0 Å². The number of nitrogens with one attached hydrogen (secondary N) is 2. The molecule has 2 aromatic rings. The molecule has 1 aromatic heterocycles. The largest absolute Gasteiger partial charge is 0.352 e. The zero-order valence-electron chi connectivity index (χ0n) is 18.2. The van der Waals surface area contributed by atoms with Crippen molar-refractivity contribution < 1.29 is 9.59 Å². The highest BCUT2D eigenvalue weighted by atomic mass is 32.1. The van der Waals surface area contributed by atoms with Gasteiger partial charge in [-0.1, -0.05) is 37.3 Å². The first kappa shape index (κ1) is 20.6. The predicted octanol–water partition coefficient (Wildman–Crippen LogP) is 4.75. The van der Waals surface area contributed by atoms with Crippen molar-refractivity contribution >= 4 is 28.3 Å². The second-order valence-electron chi connectivity index (χ2n) is 10.1. The SMILES string of the molecule is CC(C)c1nnc(NC(=O)c2ccc(CNC(=O)C34CC5CC(CC(C5)C3)C4)cc2)s1. The van der Waals surface area contributed by atoms with Crippen LogP contribution in [0.15, 0.2) is 24.3 Å². The number of carbonyl (C=O) groups excluding carboxylic acids is 2. The summed E-state index contributed by atoms with van der Waals surface area (Å²) in [4.78, 5) is 25.6. The van der Waals surface area contributed by atoms with Crippen LogP contribution in [0.1, 0.15) is 79.2 Å². The number of rotatable bonds is 6. The lowest BCUT2D eigenvalue weighted by Gasteiger charge is -2.55. The van der Waals surface area contributed by atoms with Crippen LogP contribution in [0.3, 0.4) is 0 Å². The van der Waals surface area contributed by atoms with E-state index in [1.165, 1.54) is 30.6 Å². The summed E-state index contributed by atoms with van der Waals surface area (Å²) < 4.78 is 0. The van der Waals surface area contributed by atoms with Crippen LogP contribution < -0.4 is 10.6 Å². The van der Waals surface area contributed by atoms with Gasteiger partial charge in [-0.3, -0.25) is 14.9 Å². The monoisotopic (exact) mass is 438 g/mol. The number of hydrogen-bond donors (Lipinski definition) is 2. The van der Waals surface area contributed by atoms with Gasteiger partial charge in [-0.15, -0.1) is 10.2 Å². The van der Waals surface area contributed by atoms with E-state index >= 15 is 0 Å². The Morgan fingerprint density at radius 1 is 1.03 bits per heavy atom. The first-order valence-electron chi connectivity index (χ1n) is 11.4. The molecule has 4 aliphatic carbocycles. The Balaban J connectivity index is 1.17. The highest BCUT2D eigenvalue weighted by molar-refractivity contribution is 7.15. The van der Waals surface area contributed by atoms with E-state index in [1.54, 1.807) is 12.1 Å². The van der Waals surface area contributed by atoms with E-state index < -0.39 is 0 Å².